The molecule has 1 unspecified atom stereocenters. The monoisotopic (exact) mass is 284 g/mol. The summed E-state index contributed by atoms with van der Waals surface area (Å²) in [5.74, 6) is 2.35. The molecule has 0 N–H and O–H groups in total. The second-order valence-electron chi connectivity index (χ2n) is 6.73. The van der Waals surface area contributed by atoms with Crippen LogP contribution in [0.4, 0.5) is 0 Å². The second-order valence-corrected chi connectivity index (χ2v) is 6.73. The van der Waals surface area contributed by atoms with E-state index in [-0.39, 0.29) is 5.41 Å². The third-order valence-electron chi connectivity index (χ3n) is 5.69. The number of hydrogen-bond acceptors (Lipinski definition) is 2. The standard InChI is InChI=1S/C19H24O2/c1-4-15-5-8-18(20)19(15,2)10-9-13-11-14-12-16(21-3)6-7-17(13)14/h4,6-7,12-13,15H,1,5,8-11H2,2-3H3/t13?,15-,19+/m1/s1. The zero-order chi connectivity index (χ0) is 15.0. The highest BCUT2D eigenvalue weighted by Crippen LogP contribution is 2.48. The molecule has 0 bridgehead atoms. The van der Waals surface area contributed by atoms with Gasteiger partial charge in [0.1, 0.15) is 11.5 Å². The Morgan fingerprint density at radius 2 is 2.29 bits per heavy atom. The van der Waals surface area contributed by atoms with Gasteiger partial charge in [-0.2, -0.15) is 0 Å². The molecule has 1 aromatic carbocycles. The normalized spacial score (nSPS) is 30.7. The van der Waals surface area contributed by atoms with Crippen LogP contribution >= 0.6 is 0 Å². The Bertz CT molecular complexity index is 575. The molecule has 21 heavy (non-hydrogen) atoms. The third kappa shape index (κ3) is 2.31. The van der Waals surface area contributed by atoms with Crippen molar-refractivity contribution in [2.75, 3.05) is 7.11 Å². The first kappa shape index (κ1) is 14.4. The number of carbonyl (C=O) groups excluding carboxylic acids is 1. The molecule has 0 aliphatic heterocycles. The van der Waals surface area contributed by atoms with E-state index in [1.807, 2.05) is 12.1 Å². The molecule has 1 fully saturated rings. The summed E-state index contributed by atoms with van der Waals surface area (Å²) in [6, 6.07) is 6.37. The molecule has 1 aromatic rings. The number of allylic oxidation sites excluding steroid dienone is 1. The predicted octanol–water partition coefficient (Wildman–Crippen LogP) is 4.29. The van der Waals surface area contributed by atoms with Crippen molar-refractivity contribution in [3.8, 4) is 5.75 Å². The van der Waals surface area contributed by atoms with Crippen LogP contribution in [0.25, 0.3) is 0 Å². The van der Waals surface area contributed by atoms with E-state index >= 15 is 0 Å². The van der Waals surface area contributed by atoms with Crippen molar-refractivity contribution in [1.82, 2.24) is 0 Å². The van der Waals surface area contributed by atoms with Gasteiger partial charge in [-0.15, -0.1) is 6.58 Å². The fourth-order valence-electron chi connectivity index (χ4n) is 4.06. The molecule has 3 rings (SSSR count). The topological polar surface area (TPSA) is 26.3 Å². The number of Topliss-reactive ketones (excluding diaryl/α,β-unsaturated/α-hetero) is 1. The number of methoxy groups -OCH3 is 1. The van der Waals surface area contributed by atoms with E-state index in [0.717, 1.165) is 37.9 Å². The lowest BCUT2D eigenvalue weighted by atomic mass is 9.69. The number of fused-ring (bicyclic) bond motifs is 1. The Morgan fingerprint density at radius 1 is 1.48 bits per heavy atom. The molecule has 0 amide bonds. The molecule has 0 saturated heterocycles. The minimum absolute atomic E-state index is 0.177. The van der Waals surface area contributed by atoms with E-state index in [0.29, 0.717) is 17.6 Å². The summed E-state index contributed by atoms with van der Waals surface area (Å²) in [4.78, 5) is 12.2. The minimum Gasteiger partial charge on any atom is -0.497 e. The molecule has 2 aliphatic carbocycles. The van der Waals surface area contributed by atoms with Crippen LogP contribution in [0.1, 0.15) is 49.7 Å². The molecular formula is C19H24O2. The highest BCUT2D eigenvalue weighted by molar-refractivity contribution is 5.87. The first-order chi connectivity index (χ1) is 10.1. The van der Waals surface area contributed by atoms with Crippen LogP contribution in [0.5, 0.6) is 5.75 Å². The van der Waals surface area contributed by atoms with Crippen molar-refractivity contribution in [2.24, 2.45) is 11.3 Å². The van der Waals surface area contributed by atoms with E-state index in [1.54, 1.807) is 7.11 Å². The fourth-order valence-corrected chi connectivity index (χ4v) is 4.06. The third-order valence-corrected chi connectivity index (χ3v) is 5.69. The van der Waals surface area contributed by atoms with Crippen LogP contribution in [0.15, 0.2) is 30.9 Å². The summed E-state index contributed by atoms with van der Waals surface area (Å²) in [6.07, 6.45) is 6.91. The summed E-state index contributed by atoms with van der Waals surface area (Å²) in [6.45, 7) is 6.06. The van der Waals surface area contributed by atoms with Crippen molar-refractivity contribution >= 4 is 5.78 Å². The fraction of sp³-hybridized carbons (Fsp3) is 0.526. The zero-order valence-electron chi connectivity index (χ0n) is 13.0. The average Bonchev–Trinajstić information content (AvgIpc) is 2.75. The Kier molecular flexibility index (Phi) is 3.64. The van der Waals surface area contributed by atoms with E-state index in [2.05, 4.69) is 25.6 Å². The summed E-state index contributed by atoms with van der Waals surface area (Å²) < 4.78 is 5.26. The van der Waals surface area contributed by atoms with E-state index in [1.165, 1.54) is 11.1 Å². The smallest absolute Gasteiger partial charge is 0.139 e. The van der Waals surface area contributed by atoms with Crippen LogP contribution in [0, 0.1) is 11.3 Å². The summed E-state index contributed by atoms with van der Waals surface area (Å²) in [7, 11) is 1.71. The number of ether oxygens (including phenoxy) is 1. The first-order valence-corrected chi connectivity index (χ1v) is 7.91. The largest absolute Gasteiger partial charge is 0.497 e. The quantitative estimate of drug-likeness (QED) is 0.754. The van der Waals surface area contributed by atoms with Crippen LogP contribution in [0.3, 0.4) is 0 Å². The summed E-state index contributed by atoms with van der Waals surface area (Å²) in [5.41, 5.74) is 2.67. The Balaban J connectivity index is 1.66. The van der Waals surface area contributed by atoms with Gasteiger partial charge in [0.25, 0.3) is 0 Å². The van der Waals surface area contributed by atoms with E-state index in [9.17, 15) is 4.79 Å². The van der Waals surface area contributed by atoms with Crippen LogP contribution in [-0.2, 0) is 11.2 Å². The molecule has 1 saturated carbocycles. The Labute approximate surface area is 127 Å². The molecule has 112 valence electrons. The van der Waals surface area contributed by atoms with Crippen LogP contribution < -0.4 is 4.74 Å². The van der Waals surface area contributed by atoms with Gasteiger partial charge in [-0.1, -0.05) is 19.1 Å². The van der Waals surface area contributed by atoms with Gasteiger partial charge in [0.15, 0.2) is 0 Å². The second kappa shape index (κ2) is 5.32. The minimum atomic E-state index is -0.177. The number of benzene rings is 1. The van der Waals surface area contributed by atoms with Gasteiger partial charge in [0, 0.05) is 11.8 Å². The molecule has 3 atom stereocenters. The molecule has 0 heterocycles. The molecule has 0 radical (unpaired) electrons. The number of ketones is 1. The maximum absolute atomic E-state index is 12.2. The maximum atomic E-state index is 12.2. The molecule has 2 heteroatoms. The number of carbonyl (C=O) groups is 1. The van der Waals surface area contributed by atoms with Gasteiger partial charge in [-0.05, 0) is 60.8 Å². The highest BCUT2D eigenvalue weighted by atomic mass is 16.5. The van der Waals surface area contributed by atoms with Crippen LogP contribution in [0.2, 0.25) is 0 Å². The first-order valence-electron chi connectivity index (χ1n) is 7.91. The predicted molar refractivity (Wildman–Crippen MR) is 84.7 cm³/mol. The van der Waals surface area contributed by atoms with Crippen molar-refractivity contribution < 1.29 is 9.53 Å². The number of hydrogen-bond donors (Lipinski definition) is 0. The van der Waals surface area contributed by atoms with Crippen molar-refractivity contribution in [2.45, 2.75) is 44.9 Å². The summed E-state index contributed by atoms with van der Waals surface area (Å²) >= 11 is 0. The lowest BCUT2D eigenvalue weighted by Gasteiger charge is -2.35. The number of rotatable bonds is 5. The van der Waals surface area contributed by atoms with Gasteiger partial charge < -0.3 is 4.74 Å². The molecular weight excluding hydrogens is 260 g/mol. The lowest BCUT2D eigenvalue weighted by molar-refractivity contribution is -0.126. The van der Waals surface area contributed by atoms with E-state index < -0.39 is 0 Å². The SMILES string of the molecule is C=C[C@@H]1CCC(=O)[C@@]1(C)CCC1Cc2cc(OC)ccc21. The van der Waals surface area contributed by atoms with Crippen molar-refractivity contribution in [3.63, 3.8) is 0 Å². The van der Waals surface area contributed by atoms with E-state index in [4.69, 9.17) is 4.74 Å². The van der Waals surface area contributed by atoms with Gasteiger partial charge in [0.2, 0.25) is 0 Å². The molecule has 0 spiro atoms. The van der Waals surface area contributed by atoms with Gasteiger partial charge in [-0.25, -0.2) is 0 Å². The maximum Gasteiger partial charge on any atom is 0.139 e. The highest BCUT2D eigenvalue weighted by Gasteiger charge is 2.44. The Hall–Kier alpha value is -1.57. The van der Waals surface area contributed by atoms with Gasteiger partial charge in [-0.3, -0.25) is 4.79 Å². The molecule has 2 aliphatic rings. The van der Waals surface area contributed by atoms with Crippen LogP contribution in [-0.4, -0.2) is 12.9 Å². The van der Waals surface area contributed by atoms with Gasteiger partial charge in [0.05, 0.1) is 7.11 Å². The average molecular weight is 284 g/mol. The molecule has 2 nitrogen and oxygen atoms in total. The van der Waals surface area contributed by atoms with Crippen molar-refractivity contribution in [1.29, 1.82) is 0 Å². The lowest BCUT2D eigenvalue weighted by Crippen LogP contribution is -2.30. The Morgan fingerprint density at radius 3 is 2.95 bits per heavy atom. The zero-order valence-corrected chi connectivity index (χ0v) is 13.0. The van der Waals surface area contributed by atoms with Gasteiger partial charge >= 0.3 is 0 Å². The van der Waals surface area contributed by atoms with Crippen molar-refractivity contribution in [3.05, 3.63) is 42.0 Å². The summed E-state index contributed by atoms with van der Waals surface area (Å²) in [5, 5.41) is 0. The molecule has 0 aromatic heterocycles.